The van der Waals surface area contributed by atoms with Crippen molar-refractivity contribution in [1.82, 2.24) is 10.6 Å². The van der Waals surface area contributed by atoms with Crippen LogP contribution in [0.5, 0.6) is 5.75 Å². The van der Waals surface area contributed by atoms with Gasteiger partial charge in [0.15, 0.2) is 0 Å². The lowest BCUT2D eigenvalue weighted by molar-refractivity contribution is -0.384. The summed E-state index contributed by atoms with van der Waals surface area (Å²) in [6, 6.07) is 9.57. The van der Waals surface area contributed by atoms with Gasteiger partial charge in [0.2, 0.25) is 11.8 Å². The molecule has 3 amide bonds. The molecule has 3 N–H and O–H groups in total. The van der Waals surface area contributed by atoms with E-state index in [1.54, 1.807) is 58.9 Å². The maximum absolute atomic E-state index is 12.7. The van der Waals surface area contributed by atoms with E-state index in [0.717, 1.165) is 0 Å². The number of carbonyl (C=O) groups excluding carboxylic acids is 4. The van der Waals surface area contributed by atoms with Crippen molar-refractivity contribution in [2.75, 3.05) is 5.32 Å². The summed E-state index contributed by atoms with van der Waals surface area (Å²) in [4.78, 5) is 59.5. The van der Waals surface area contributed by atoms with Crippen LogP contribution in [0.3, 0.4) is 0 Å². The largest absolute Gasteiger partial charge is 0.514 e. The van der Waals surface area contributed by atoms with Crippen molar-refractivity contribution >= 4 is 35.4 Å². The molecule has 2 atom stereocenters. The van der Waals surface area contributed by atoms with Gasteiger partial charge in [0.25, 0.3) is 5.69 Å². The van der Waals surface area contributed by atoms with E-state index in [1.165, 1.54) is 31.2 Å². The van der Waals surface area contributed by atoms with Crippen LogP contribution in [0, 0.1) is 16.0 Å². The van der Waals surface area contributed by atoms with Gasteiger partial charge in [-0.15, -0.1) is 0 Å². The first-order valence-corrected chi connectivity index (χ1v) is 12.4. The van der Waals surface area contributed by atoms with Gasteiger partial charge in [-0.25, -0.2) is 9.59 Å². The summed E-state index contributed by atoms with van der Waals surface area (Å²) in [7, 11) is 0. The third kappa shape index (κ3) is 10.6. The number of carbonyl (C=O) groups is 4. The Balaban J connectivity index is 1.84. The highest BCUT2D eigenvalue weighted by Gasteiger charge is 2.29. The smallest absolute Gasteiger partial charge is 0.444 e. The topological polar surface area (TPSA) is 175 Å². The number of nitro groups is 1. The monoisotopic (exact) mass is 558 g/mol. The molecule has 0 fully saturated rings. The number of non-ortho nitro benzene ring substituents is 1. The van der Waals surface area contributed by atoms with Crippen LogP contribution in [0.25, 0.3) is 0 Å². The molecule has 0 saturated carbocycles. The van der Waals surface area contributed by atoms with Crippen molar-refractivity contribution in [3.8, 4) is 5.75 Å². The Morgan fingerprint density at radius 2 is 1.50 bits per heavy atom. The van der Waals surface area contributed by atoms with Gasteiger partial charge in [0, 0.05) is 17.8 Å². The molecule has 0 aliphatic carbocycles. The summed E-state index contributed by atoms with van der Waals surface area (Å²) in [5, 5.41) is 18.5. The second-order valence-electron chi connectivity index (χ2n) is 10.2. The molecule has 13 nitrogen and oxygen atoms in total. The van der Waals surface area contributed by atoms with Gasteiger partial charge in [0.1, 0.15) is 30.0 Å². The van der Waals surface area contributed by atoms with Crippen molar-refractivity contribution in [2.45, 2.75) is 65.8 Å². The van der Waals surface area contributed by atoms with E-state index in [4.69, 9.17) is 14.2 Å². The van der Waals surface area contributed by atoms with Crippen LogP contribution in [0.4, 0.5) is 21.0 Å². The lowest BCUT2D eigenvalue weighted by atomic mass is 10.0. The Labute approximate surface area is 231 Å². The fourth-order valence-corrected chi connectivity index (χ4v) is 3.18. The zero-order valence-corrected chi connectivity index (χ0v) is 23.2. The number of nitro benzene ring substituents is 1. The van der Waals surface area contributed by atoms with Crippen LogP contribution in [-0.4, -0.2) is 46.7 Å². The number of nitrogens with zero attached hydrogens (tertiary/aromatic N) is 1. The van der Waals surface area contributed by atoms with E-state index < -0.39 is 46.7 Å². The minimum Gasteiger partial charge on any atom is -0.444 e. The van der Waals surface area contributed by atoms with Gasteiger partial charge in [-0.2, -0.15) is 0 Å². The molecule has 1 unspecified atom stereocenters. The van der Waals surface area contributed by atoms with Gasteiger partial charge in [-0.3, -0.25) is 19.7 Å². The molecule has 0 heterocycles. The second-order valence-corrected chi connectivity index (χ2v) is 10.2. The molecule has 216 valence electrons. The van der Waals surface area contributed by atoms with Crippen LogP contribution < -0.4 is 20.7 Å². The van der Waals surface area contributed by atoms with Crippen LogP contribution >= 0.6 is 0 Å². The fourth-order valence-electron chi connectivity index (χ4n) is 3.18. The van der Waals surface area contributed by atoms with Crippen molar-refractivity contribution in [2.24, 2.45) is 5.92 Å². The number of rotatable bonds is 10. The molecule has 13 heteroatoms. The van der Waals surface area contributed by atoms with Gasteiger partial charge < -0.3 is 30.2 Å². The van der Waals surface area contributed by atoms with E-state index in [1.807, 2.05) is 0 Å². The van der Waals surface area contributed by atoms with E-state index >= 15 is 0 Å². The molecule has 2 aromatic carbocycles. The molecular formula is C27H34N4O9. The van der Waals surface area contributed by atoms with E-state index in [-0.39, 0.29) is 24.0 Å². The summed E-state index contributed by atoms with van der Waals surface area (Å²) in [6.07, 6.45) is -1.72. The summed E-state index contributed by atoms with van der Waals surface area (Å²) in [5.74, 6) is -1.18. The number of anilines is 1. The Morgan fingerprint density at radius 3 is 2.02 bits per heavy atom. The van der Waals surface area contributed by atoms with Gasteiger partial charge >= 0.3 is 12.2 Å². The number of benzene rings is 2. The predicted octanol–water partition coefficient (Wildman–Crippen LogP) is 4.30. The average molecular weight is 559 g/mol. The molecule has 0 radical (unpaired) electrons. The highest BCUT2D eigenvalue weighted by atomic mass is 16.7. The molecule has 0 aromatic heterocycles. The molecular weight excluding hydrogens is 524 g/mol. The number of hydrogen-bond donors (Lipinski definition) is 3. The lowest BCUT2D eigenvalue weighted by Gasteiger charge is -2.26. The first kappa shape index (κ1) is 31.5. The van der Waals surface area contributed by atoms with Crippen molar-refractivity contribution < 1.29 is 38.3 Å². The third-order valence-electron chi connectivity index (χ3n) is 5.20. The maximum atomic E-state index is 12.7. The summed E-state index contributed by atoms with van der Waals surface area (Å²) >= 11 is 0. The molecule has 0 aliphatic heterocycles. The van der Waals surface area contributed by atoms with Crippen LogP contribution in [0.2, 0.25) is 0 Å². The first-order chi connectivity index (χ1) is 18.6. The molecule has 0 bridgehead atoms. The molecule has 0 aliphatic rings. The van der Waals surface area contributed by atoms with Crippen LogP contribution in [-0.2, 0) is 25.7 Å². The second kappa shape index (κ2) is 13.9. The fraction of sp³-hybridized carbons (Fsp3) is 0.407. The minimum absolute atomic E-state index is 0.0928. The van der Waals surface area contributed by atoms with Gasteiger partial charge in [-0.1, -0.05) is 26.0 Å². The lowest BCUT2D eigenvalue weighted by Crippen LogP contribution is -2.54. The van der Waals surface area contributed by atoms with Gasteiger partial charge in [0.05, 0.1) is 4.92 Å². The molecule has 40 heavy (non-hydrogen) atoms. The van der Waals surface area contributed by atoms with E-state index in [2.05, 4.69) is 16.0 Å². The van der Waals surface area contributed by atoms with E-state index in [0.29, 0.717) is 11.3 Å². The van der Waals surface area contributed by atoms with E-state index in [9.17, 15) is 29.3 Å². The molecule has 2 rings (SSSR count). The minimum atomic E-state index is -0.989. The highest BCUT2D eigenvalue weighted by Crippen LogP contribution is 2.18. The Morgan fingerprint density at radius 1 is 0.900 bits per heavy atom. The molecule has 0 spiro atoms. The number of nitrogens with one attached hydrogen (secondary N) is 3. The Hall–Kier alpha value is -4.68. The van der Waals surface area contributed by atoms with Gasteiger partial charge in [-0.05, 0) is 63.4 Å². The Kier molecular flexibility index (Phi) is 11.0. The zero-order chi connectivity index (χ0) is 30.0. The highest BCUT2D eigenvalue weighted by molar-refractivity contribution is 5.98. The van der Waals surface area contributed by atoms with Crippen molar-refractivity contribution in [3.63, 3.8) is 0 Å². The zero-order valence-electron chi connectivity index (χ0n) is 23.2. The number of amides is 3. The normalized spacial score (nSPS) is 12.5. The number of hydrogen-bond acceptors (Lipinski definition) is 9. The van der Waals surface area contributed by atoms with Crippen LogP contribution in [0.1, 0.15) is 47.1 Å². The first-order valence-electron chi connectivity index (χ1n) is 12.4. The van der Waals surface area contributed by atoms with Crippen molar-refractivity contribution in [3.05, 3.63) is 64.2 Å². The third-order valence-corrected chi connectivity index (χ3v) is 5.20. The average Bonchev–Trinajstić information content (AvgIpc) is 2.85. The molecule has 0 saturated heterocycles. The summed E-state index contributed by atoms with van der Waals surface area (Å²) < 4.78 is 15.2. The SMILES string of the molecule is CC(C)C(NC(=O)OC(C)(C)C)C(=O)N[C@@H](C)C(=O)Nc1ccc(COC(=O)Oc2ccc([N+](=O)[O-])cc2)cc1. The molecule has 2 aromatic rings. The predicted molar refractivity (Wildman–Crippen MR) is 145 cm³/mol. The van der Waals surface area contributed by atoms with Crippen LogP contribution in [0.15, 0.2) is 48.5 Å². The number of ether oxygens (including phenoxy) is 3. The quantitative estimate of drug-likeness (QED) is 0.166. The summed E-state index contributed by atoms with van der Waals surface area (Å²) in [6.45, 7) is 10.0. The summed E-state index contributed by atoms with van der Waals surface area (Å²) in [5.41, 5.74) is 0.179. The van der Waals surface area contributed by atoms with Crippen molar-refractivity contribution in [1.29, 1.82) is 0 Å². The maximum Gasteiger partial charge on any atom is 0.514 e. The standard InChI is InChI=1S/C27H34N4O9/c1-16(2)22(30-25(34)40-27(4,5)6)24(33)28-17(3)23(32)29-19-9-7-18(8-10-19)15-38-26(35)39-21-13-11-20(12-14-21)31(36)37/h7-14,16-17,22H,15H2,1-6H3,(H,28,33)(H,29,32)(H,30,34)/t17-,22?/m0/s1. The Bertz CT molecular complexity index is 1210. The number of alkyl carbamates (subject to hydrolysis) is 1.